The van der Waals surface area contributed by atoms with E-state index in [9.17, 15) is 4.79 Å². The smallest absolute Gasteiger partial charge is 0.335 e. The standard InChI is InChI=1S/C14H21BrN2O2/c1-14(2,9-17(3)4)8-16-12-6-10(13(18)19)5-11(15)7-12/h5-7,16H,8-9H2,1-4H3,(H,18,19). The van der Waals surface area contributed by atoms with E-state index < -0.39 is 5.97 Å². The Labute approximate surface area is 122 Å². The third-order valence-electron chi connectivity index (χ3n) is 2.66. The molecule has 0 radical (unpaired) electrons. The van der Waals surface area contributed by atoms with Crippen LogP contribution in [0.2, 0.25) is 0 Å². The van der Waals surface area contributed by atoms with Gasteiger partial charge in [0.2, 0.25) is 0 Å². The van der Waals surface area contributed by atoms with Gasteiger partial charge in [-0.25, -0.2) is 4.79 Å². The first-order chi connectivity index (χ1) is 8.69. The summed E-state index contributed by atoms with van der Waals surface area (Å²) in [6, 6.07) is 5.13. The minimum Gasteiger partial charge on any atom is -0.478 e. The van der Waals surface area contributed by atoms with E-state index in [1.165, 1.54) is 0 Å². The number of anilines is 1. The van der Waals surface area contributed by atoms with E-state index in [0.29, 0.717) is 0 Å². The first-order valence-corrected chi connectivity index (χ1v) is 6.91. The summed E-state index contributed by atoms with van der Waals surface area (Å²) < 4.78 is 0.764. The van der Waals surface area contributed by atoms with Gasteiger partial charge < -0.3 is 15.3 Å². The summed E-state index contributed by atoms with van der Waals surface area (Å²) in [6.07, 6.45) is 0. The van der Waals surface area contributed by atoms with Crippen molar-refractivity contribution in [3.8, 4) is 0 Å². The van der Waals surface area contributed by atoms with Crippen LogP contribution in [0, 0.1) is 5.41 Å². The average Bonchev–Trinajstić information content (AvgIpc) is 2.24. The molecular formula is C14H21BrN2O2. The summed E-state index contributed by atoms with van der Waals surface area (Å²) >= 11 is 3.33. The average molecular weight is 329 g/mol. The second kappa shape index (κ2) is 6.39. The Morgan fingerprint density at radius 1 is 1.37 bits per heavy atom. The van der Waals surface area contributed by atoms with Crippen LogP contribution in [0.1, 0.15) is 24.2 Å². The number of aromatic carboxylic acids is 1. The number of rotatable bonds is 6. The van der Waals surface area contributed by atoms with E-state index in [1.54, 1.807) is 12.1 Å². The van der Waals surface area contributed by atoms with Gasteiger partial charge in [-0.2, -0.15) is 0 Å². The minimum atomic E-state index is -0.920. The summed E-state index contributed by atoms with van der Waals surface area (Å²) in [5.74, 6) is -0.920. The third-order valence-corrected chi connectivity index (χ3v) is 3.12. The van der Waals surface area contributed by atoms with E-state index in [1.807, 2.05) is 20.2 Å². The number of halogens is 1. The number of carboxylic acids is 1. The van der Waals surface area contributed by atoms with Crippen LogP contribution < -0.4 is 5.32 Å². The van der Waals surface area contributed by atoms with Crippen LogP contribution in [-0.2, 0) is 0 Å². The van der Waals surface area contributed by atoms with Gasteiger partial charge in [-0.1, -0.05) is 29.8 Å². The molecule has 0 atom stereocenters. The Kier molecular flexibility index (Phi) is 5.38. The van der Waals surface area contributed by atoms with Crippen LogP contribution in [0.15, 0.2) is 22.7 Å². The fourth-order valence-corrected chi connectivity index (χ4v) is 2.56. The van der Waals surface area contributed by atoms with Crippen molar-refractivity contribution < 1.29 is 9.90 Å². The molecule has 106 valence electrons. The SMILES string of the molecule is CN(C)CC(C)(C)CNc1cc(Br)cc(C(=O)O)c1. The Hall–Kier alpha value is -1.07. The predicted molar refractivity (Wildman–Crippen MR) is 81.9 cm³/mol. The van der Waals surface area contributed by atoms with Gasteiger partial charge in [-0.3, -0.25) is 0 Å². The maximum absolute atomic E-state index is 11.0. The molecule has 5 heteroatoms. The molecule has 4 nitrogen and oxygen atoms in total. The predicted octanol–water partition coefficient (Wildman–Crippen LogP) is 3.15. The second-order valence-electron chi connectivity index (χ2n) is 5.79. The largest absolute Gasteiger partial charge is 0.478 e. The van der Waals surface area contributed by atoms with Gasteiger partial charge in [0.25, 0.3) is 0 Å². The van der Waals surface area contributed by atoms with E-state index in [0.717, 1.165) is 23.2 Å². The molecule has 0 saturated heterocycles. The monoisotopic (exact) mass is 328 g/mol. The first kappa shape index (κ1) is 16.0. The molecule has 0 aliphatic heterocycles. The molecule has 0 aliphatic rings. The Bertz CT molecular complexity index is 459. The Balaban J connectivity index is 2.75. The zero-order chi connectivity index (χ0) is 14.6. The zero-order valence-corrected chi connectivity index (χ0v) is 13.4. The van der Waals surface area contributed by atoms with Gasteiger partial charge in [0.05, 0.1) is 5.56 Å². The van der Waals surface area contributed by atoms with Gasteiger partial charge in [-0.05, 0) is 37.7 Å². The molecule has 2 N–H and O–H groups in total. The normalized spacial score (nSPS) is 11.7. The van der Waals surface area contributed by atoms with E-state index in [-0.39, 0.29) is 11.0 Å². The summed E-state index contributed by atoms with van der Waals surface area (Å²) in [5.41, 5.74) is 1.20. The van der Waals surface area contributed by atoms with Gasteiger partial charge in [0.15, 0.2) is 0 Å². The molecule has 0 unspecified atom stereocenters. The Morgan fingerprint density at radius 2 is 2.00 bits per heavy atom. The highest BCUT2D eigenvalue weighted by molar-refractivity contribution is 9.10. The summed E-state index contributed by atoms with van der Waals surface area (Å²) in [4.78, 5) is 13.1. The molecule has 1 rings (SSSR count). The molecule has 0 fully saturated rings. The van der Waals surface area contributed by atoms with Gasteiger partial charge in [0.1, 0.15) is 0 Å². The first-order valence-electron chi connectivity index (χ1n) is 6.12. The quantitative estimate of drug-likeness (QED) is 0.842. The molecule has 1 aromatic rings. The van der Waals surface area contributed by atoms with E-state index in [2.05, 4.69) is 40.0 Å². The number of nitrogens with one attached hydrogen (secondary N) is 1. The zero-order valence-electron chi connectivity index (χ0n) is 11.8. The van der Waals surface area contributed by atoms with Crippen LogP contribution >= 0.6 is 15.9 Å². The topological polar surface area (TPSA) is 52.6 Å². The number of carboxylic acid groups (broad SMARTS) is 1. The van der Waals surface area contributed by atoms with Crippen molar-refractivity contribution in [3.05, 3.63) is 28.2 Å². The van der Waals surface area contributed by atoms with Crippen LogP contribution in [0.4, 0.5) is 5.69 Å². The minimum absolute atomic E-state index is 0.106. The molecule has 0 bridgehead atoms. The number of nitrogens with zero attached hydrogens (tertiary/aromatic N) is 1. The van der Waals surface area contributed by atoms with Crippen molar-refractivity contribution in [2.75, 3.05) is 32.5 Å². The van der Waals surface area contributed by atoms with Crippen molar-refractivity contribution in [1.29, 1.82) is 0 Å². The fourth-order valence-electron chi connectivity index (χ4n) is 2.07. The van der Waals surface area contributed by atoms with Crippen molar-refractivity contribution in [2.45, 2.75) is 13.8 Å². The van der Waals surface area contributed by atoms with Crippen LogP contribution in [0.25, 0.3) is 0 Å². The number of carbonyl (C=O) groups is 1. The van der Waals surface area contributed by atoms with Gasteiger partial charge in [0, 0.05) is 23.2 Å². The number of benzene rings is 1. The summed E-state index contributed by atoms with van der Waals surface area (Å²) in [7, 11) is 4.09. The highest BCUT2D eigenvalue weighted by atomic mass is 79.9. The van der Waals surface area contributed by atoms with Crippen molar-refractivity contribution in [1.82, 2.24) is 4.90 Å². The lowest BCUT2D eigenvalue weighted by molar-refractivity contribution is 0.0697. The highest BCUT2D eigenvalue weighted by Crippen LogP contribution is 2.22. The Morgan fingerprint density at radius 3 is 2.53 bits per heavy atom. The molecule has 0 spiro atoms. The van der Waals surface area contributed by atoms with Gasteiger partial charge in [-0.15, -0.1) is 0 Å². The van der Waals surface area contributed by atoms with Crippen LogP contribution in [0.5, 0.6) is 0 Å². The van der Waals surface area contributed by atoms with Crippen molar-refractivity contribution in [3.63, 3.8) is 0 Å². The lowest BCUT2D eigenvalue weighted by atomic mass is 9.93. The summed E-state index contributed by atoms with van der Waals surface area (Å²) in [6.45, 7) is 6.09. The molecular weight excluding hydrogens is 308 g/mol. The second-order valence-corrected chi connectivity index (χ2v) is 6.70. The van der Waals surface area contributed by atoms with E-state index in [4.69, 9.17) is 5.11 Å². The lowest BCUT2D eigenvalue weighted by Gasteiger charge is -2.29. The lowest BCUT2D eigenvalue weighted by Crippen LogP contribution is -2.34. The molecule has 0 aromatic heterocycles. The number of hydrogen-bond donors (Lipinski definition) is 2. The highest BCUT2D eigenvalue weighted by Gasteiger charge is 2.18. The maximum Gasteiger partial charge on any atom is 0.335 e. The third kappa shape index (κ3) is 5.61. The molecule has 0 heterocycles. The fraction of sp³-hybridized carbons (Fsp3) is 0.500. The molecule has 1 aromatic carbocycles. The number of hydrogen-bond acceptors (Lipinski definition) is 3. The van der Waals surface area contributed by atoms with Crippen LogP contribution in [0.3, 0.4) is 0 Å². The van der Waals surface area contributed by atoms with Crippen molar-refractivity contribution >= 4 is 27.6 Å². The van der Waals surface area contributed by atoms with E-state index >= 15 is 0 Å². The maximum atomic E-state index is 11.0. The van der Waals surface area contributed by atoms with Crippen molar-refractivity contribution in [2.24, 2.45) is 5.41 Å². The summed E-state index contributed by atoms with van der Waals surface area (Å²) in [5, 5.41) is 12.3. The molecule has 19 heavy (non-hydrogen) atoms. The van der Waals surface area contributed by atoms with Crippen LogP contribution in [-0.4, -0.2) is 43.2 Å². The molecule has 0 amide bonds. The molecule has 0 saturated carbocycles. The van der Waals surface area contributed by atoms with Gasteiger partial charge >= 0.3 is 5.97 Å². The molecule has 0 aliphatic carbocycles.